The predicted octanol–water partition coefficient (Wildman–Crippen LogP) is 0.444. The lowest BCUT2D eigenvalue weighted by atomic mass is 9.95. The highest BCUT2D eigenvalue weighted by Gasteiger charge is 2.29. The number of nitrogens with one attached hydrogen (secondary N) is 1. The van der Waals surface area contributed by atoms with Crippen LogP contribution < -0.4 is 11.1 Å². The molecule has 1 aliphatic rings. The minimum absolute atomic E-state index is 0.105. The highest BCUT2D eigenvalue weighted by molar-refractivity contribution is 5.80. The van der Waals surface area contributed by atoms with Gasteiger partial charge in [0.2, 0.25) is 5.91 Å². The minimum Gasteiger partial charge on any atom is -0.388 e. The van der Waals surface area contributed by atoms with Crippen LogP contribution in [0.4, 0.5) is 4.79 Å². The van der Waals surface area contributed by atoms with E-state index in [-0.39, 0.29) is 18.4 Å². The molecular weight excluding hydrogens is 246 g/mol. The fraction of sp³-hybridized carbons (Fsp3) is 0.846. The van der Waals surface area contributed by atoms with Crippen LogP contribution in [0.5, 0.6) is 0 Å². The molecule has 19 heavy (non-hydrogen) atoms. The van der Waals surface area contributed by atoms with Gasteiger partial charge in [0.1, 0.15) is 0 Å². The number of carbonyl (C=O) groups is 2. The fourth-order valence-electron chi connectivity index (χ4n) is 2.29. The Morgan fingerprint density at radius 1 is 1.42 bits per heavy atom. The number of hydrogen-bond donors (Lipinski definition) is 3. The lowest BCUT2D eigenvalue weighted by Crippen LogP contribution is -2.49. The third kappa shape index (κ3) is 4.38. The topological polar surface area (TPSA) is 95.7 Å². The summed E-state index contributed by atoms with van der Waals surface area (Å²) in [5.41, 5.74) is 4.39. The molecular formula is C13H25N3O3. The Balaban J connectivity index is 2.47. The van der Waals surface area contributed by atoms with Gasteiger partial charge in [-0.15, -0.1) is 0 Å². The summed E-state index contributed by atoms with van der Waals surface area (Å²) in [5, 5.41) is 12.9. The van der Waals surface area contributed by atoms with Crippen molar-refractivity contribution in [2.45, 2.75) is 45.1 Å². The summed E-state index contributed by atoms with van der Waals surface area (Å²) in [6.45, 7) is 5.03. The van der Waals surface area contributed by atoms with Gasteiger partial charge in [-0.05, 0) is 25.7 Å². The zero-order valence-corrected chi connectivity index (χ0v) is 11.8. The van der Waals surface area contributed by atoms with Gasteiger partial charge in [0.05, 0.1) is 11.5 Å². The Labute approximate surface area is 114 Å². The Morgan fingerprint density at radius 3 is 2.58 bits per heavy atom. The number of amides is 3. The highest BCUT2D eigenvalue weighted by Crippen LogP contribution is 2.17. The normalized spacial score (nSPS) is 20.2. The van der Waals surface area contributed by atoms with Crippen LogP contribution in [0.3, 0.4) is 0 Å². The molecule has 6 heteroatoms. The first-order valence-corrected chi connectivity index (χ1v) is 6.96. The van der Waals surface area contributed by atoms with Crippen LogP contribution in [-0.2, 0) is 4.79 Å². The molecule has 6 nitrogen and oxygen atoms in total. The summed E-state index contributed by atoms with van der Waals surface area (Å²) < 4.78 is 0. The Morgan fingerprint density at radius 2 is 2.05 bits per heavy atom. The SMILES string of the molecule is CCC(O)(CC)CNC(=O)C1CCCN(C(N)=O)C1. The molecule has 0 aromatic rings. The summed E-state index contributed by atoms with van der Waals surface area (Å²) in [5.74, 6) is -0.328. The zero-order valence-electron chi connectivity index (χ0n) is 11.8. The molecule has 3 amide bonds. The van der Waals surface area contributed by atoms with E-state index >= 15 is 0 Å². The van der Waals surface area contributed by atoms with Crippen molar-refractivity contribution in [1.82, 2.24) is 10.2 Å². The quantitative estimate of drug-likeness (QED) is 0.677. The van der Waals surface area contributed by atoms with Gasteiger partial charge in [-0.25, -0.2) is 4.79 Å². The van der Waals surface area contributed by atoms with Gasteiger partial charge in [-0.3, -0.25) is 4.79 Å². The number of nitrogens with zero attached hydrogens (tertiary/aromatic N) is 1. The average Bonchev–Trinajstić information content (AvgIpc) is 2.44. The minimum atomic E-state index is -0.840. The molecule has 0 spiro atoms. The number of piperidine rings is 1. The van der Waals surface area contributed by atoms with Crippen molar-refractivity contribution in [3.05, 3.63) is 0 Å². The van der Waals surface area contributed by atoms with E-state index in [0.717, 1.165) is 12.8 Å². The van der Waals surface area contributed by atoms with E-state index < -0.39 is 11.6 Å². The average molecular weight is 271 g/mol. The molecule has 4 N–H and O–H groups in total. The molecule has 1 unspecified atom stereocenters. The largest absolute Gasteiger partial charge is 0.388 e. The zero-order chi connectivity index (χ0) is 14.5. The molecule has 110 valence electrons. The molecule has 0 aromatic heterocycles. The maximum atomic E-state index is 12.0. The second-order valence-electron chi connectivity index (χ2n) is 5.27. The van der Waals surface area contributed by atoms with E-state index in [9.17, 15) is 14.7 Å². The number of hydrogen-bond acceptors (Lipinski definition) is 3. The van der Waals surface area contributed by atoms with Crippen LogP contribution >= 0.6 is 0 Å². The molecule has 0 aliphatic carbocycles. The van der Waals surface area contributed by atoms with Gasteiger partial charge in [-0.2, -0.15) is 0 Å². The first-order chi connectivity index (χ1) is 8.91. The lowest BCUT2D eigenvalue weighted by molar-refractivity contribution is -0.127. The van der Waals surface area contributed by atoms with E-state index in [2.05, 4.69) is 5.32 Å². The summed E-state index contributed by atoms with van der Waals surface area (Å²) >= 11 is 0. The number of rotatable bonds is 5. The predicted molar refractivity (Wildman–Crippen MR) is 72.4 cm³/mol. The maximum Gasteiger partial charge on any atom is 0.314 e. The van der Waals surface area contributed by atoms with E-state index in [1.807, 2.05) is 13.8 Å². The second kappa shape index (κ2) is 6.75. The maximum absolute atomic E-state index is 12.0. The first-order valence-electron chi connectivity index (χ1n) is 6.96. The molecule has 1 heterocycles. The van der Waals surface area contributed by atoms with Gasteiger partial charge >= 0.3 is 6.03 Å². The molecule has 0 saturated carbocycles. The third-order valence-corrected chi connectivity index (χ3v) is 4.01. The van der Waals surface area contributed by atoms with Crippen LogP contribution in [-0.4, -0.2) is 47.2 Å². The number of carbonyl (C=O) groups excluding carboxylic acids is 2. The molecule has 1 saturated heterocycles. The smallest absolute Gasteiger partial charge is 0.314 e. The number of aliphatic hydroxyl groups is 1. The summed E-state index contributed by atoms with van der Waals surface area (Å²) in [4.78, 5) is 24.7. The van der Waals surface area contributed by atoms with Crippen molar-refractivity contribution < 1.29 is 14.7 Å². The van der Waals surface area contributed by atoms with Crippen LogP contribution in [0.15, 0.2) is 0 Å². The van der Waals surface area contributed by atoms with Gasteiger partial charge in [-0.1, -0.05) is 13.8 Å². The number of likely N-dealkylation sites (tertiary alicyclic amines) is 1. The van der Waals surface area contributed by atoms with Crippen molar-refractivity contribution in [3.8, 4) is 0 Å². The number of urea groups is 1. The van der Waals surface area contributed by atoms with Crippen LogP contribution in [0, 0.1) is 5.92 Å². The summed E-state index contributed by atoms with van der Waals surface area (Å²) in [6.07, 6.45) is 2.74. The van der Waals surface area contributed by atoms with Crippen LogP contribution in [0.1, 0.15) is 39.5 Å². The lowest BCUT2D eigenvalue weighted by Gasteiger charge is -2.32. The van der Waals surface area contributed by atoms with E-state index in [1.165, 1.54) is 4.90 Å². The fourth-order valence-corrected chi connectivity index (χ4v) is 2.29. The van der Waals surface area contributed by atoms with Crippen molar-refractivity contribution in [2.24, 2.45) is 11.7 Å². The molecule has 1 atom stereocenters. The van der Waals surface area contributed by atoms with Crippen molar-refractivity contribution >= 4 is 11.9 Å². The van der Waals surface area contributed by atoms with Gasteiger partial charge in [0.15, 0.2) is 0 Å². The molecule has 0 radical (unpaired) electrons. The summed E-state index contributed by atoms with van der Waals surface area (Å²) in [7, 11) is 0. The number of nitrogens with two attached hydrogens (primary N) is 1. The van der Waals surface area contributed by atoms with E-state index in [0.29, 0.717) is 25.9 Å². The summed E-state index contributed by atoms with van der Waals surface area (Å²) in [6, 6.07) is -0.476. The van der Waals surface area contributed by atoms with Crippen LogP contribution in [0.2, 0.25) is 0 Å². The Kier molecular flexibility index (Phi) is 5.60. The van der Waals surface area contributed by atoms with Crippen LogP contribution in [0.25, 0.3) is 0 Å². The molecule has 0 aromatic carbocycles. The Bertz CT molecular complexity index is 329. The van der Waals surface area contributed by atoms with Gasteiger partial charge in [0, 0.05) is 19.6 Å². The van der Waals surface area contributed by atoms with Crippen molar-refractivity contribution in [2.75, 3.05) is 19.6 Å². The second-order valence-corrected chi connectivity index (χ2v) is 5.27. The monoisotopic (exact) mass is 271 g/mol. The molecule has 1 rings (SSSR count). The van der Waals surface area contributed by atoms with E-state index in [1.54, 1.807) is 0 Å². The Hall–Kier alpha value is -1.30. The van der Waals surface area contributed by atoms with Crippen molar-refractivity contribution in [1.29, 1.82) is 0 Å². The van der Waals surface area contributed by atoms with Gasteiger partial charge < -0.3 is 21.1 Å². The molecule has 1 aliphatic heterocycles. The third-order valence-electron chi connectivity index (χ3n) is 4.01. The first kappa shape index (κ1) is 15.8. The van der Waals surface area contributed by atoms with E-state index in [4.69, 9.17) is 5.73 Å². The molecule has 0 bridgehead atoms. The standard InChI is InChI=1S/C13H25N3O3/c1-3-13(19,4-2)9-15-11(17)10-6-5-7-16(8-10)12(14)18/h10,19H,3-9H2,1-2H3,(H2,14,18)(H,15,17). The van der Waals surface area contributed by atoms with Gasteiger partial charge in [0.25, 0.3) is 0 Å². The molecule has 1 fully saturated rings. The van der Waals surface area contributed by atoms with Crippen molar-refractivity contribution in [3.63, 3.8) is 0 Å². The number of primary amides is 1. The highest BCUT2D eigenvalue weighted by atomic mass is 16.3.